The van der Waals surface area contributed by atoms with Gasteiger partial charge in [0.2, 0.25) is 0 Å². The summed E-state index contributed by atoms with van der Waals surface area (Å²) in [5, 5.41) is 3.85. The Balaban J connectivity index is 1.44. The van der Waals surface area contributed by atoms with Crippen molar-refractivity contribution in [2.75, 3.05) is 6.54 Å². The van der Waals surface area contributed by atoms with E-state index in [9.17, 15) is 0 Å². The Bertz CT molecular complexity index is 1640. The number of nitrogens with one attached hydrogen (secondary N) is 1. The number of carbonyl (C=O) groups excluding carboxylic acids is 1. The maximum absolute atomic E-state index is 15.0. The molecule has 8 rings (SSSR count). The molecule has 1 spiro atoms. The summed E-state index contributed by atoms with van der Waals surface area (Å²) in [5.74, 6) is -0.0766. The summed E-state index contributed by atoms with van der Waals surface area (Å²) in [6, 6.07) is 27.6. The van der Waals surface area contributed by atoms with Crippen molar-refractivity contribution in [3.8, 4) is 0 Å². The normalized spacial score (nSPS) is 29.9. The molecule has 1 N–H and O–H groups in total. The van der Waals surface area contributed by atoms with Gasteiger partial charge in [0.1, 0.15) is 5.54 Å². The fourth-order valence-electron chi connectivity index (χ4n) is 8.08. The molecule has 3 aromatic carbocycles. The van der Waals surface area contributed by atoms with E-state index in [2.05, 4.69) is 99.0 Å². The number of hydrogen-bond donors (Lipinski definition) is 1. The highest BCUT2D eigenvalue weighted by Gasteiger charge is 2.67. The first-order chi connectivity index (χ1) is 19.7. The fourth-order valence-corrected chi connectivity index (χ4v) is 8.35. The Morgan fingerprint density at radius 2 is 1.75 bits per heavy atom. The van der Waals surface area contributed by atoms with Crippen molar-refractivity contribution in [1.29, 1.82) is 0 Å². The minimum Gasteiger partial charge on any atom is -0.371 e. The summed E-state index contributed by atoms with van der Waals surface area (Å²) in [5.41, 5.74) is 6.85. The number of carbonyl (C=O) groups is 1. The third kappa shape index (κ3) is 3.34. The molecule has 0 saturated carbocycles. The Kier molecular flexibility index (Phi) is 5.61. The molecule has 0 amide bonds. The van der Waals surface area contributed by atoms with Gasteiger partial charge < -0.3 is 5.32 Å². The van der Waals surface area contributed by atoms with Crippen LogP contribution in [0.2, 0.25) is 0 Å². The Morgan fingerprint density at radius 1 is 0.950 bits per heavy atom. The first-order valence-electron chi connectivity index (χ1n) is 14.3. The molecule has 5 heteroatoms. The molecule has 4 nitrogen and oxygen atoms in total. The molecule has 2 saturated heterocycles. The molecule has 198 valence electrons. The third-order valence-corrected chi connectivity index (χ3v) is 10.1. The molecule has 5 atom stereocenters. The van der Waals surface area contributed by atoms with E-state index in [-0.39, 0.29) is 29.7 Å². The Labute approximate surface area is 243 Å². The molecular weight excluding hydrogens is 558 g/mol. The standard InChI is InChI=1S/C35H30BrN3O/c36-24-19-17-22(18-20-24)30-29-16-8-9-21-39(29)35(31(30)33(40)23-10-2-1-3-11-23)26-13-5-4-12-25(26)32-34(35)38-28-15-7-6-14-27(28)37-32/h1-7,10-15,17-20,27,29-31,37H,8-9,16,21H2/t27?,29-,30-,31-,35+/m1/s1. The number of Topliss-reactive ketones (excluding diaryl/α,β-unsaturated/α-hetero) is 1. The van der Waals surface area contributed by atoms with Crippen molar-refractivity contribution in [3.05, 3.63) is 136 Å². The SMILES string of the molecule is O=C(c1ccccc1)[C@H]1[C@H](c2ccc(Br)cc2)[C@H]2CCCCN2[C@]12C1=C(NC3C=CC=CC3=N1)c1ccccc12. The van der Waals surface area contributed by atoms with E-state index in [0.29, 0.717) is 0 Å². The lowest BCUT2D eigenvalue weighted by Gasteiger charge is -2.44. The molecule has 5 aliphatic rings. The van der Waals surface area contributed by atoms with Gasteiger partial charge in [0, 0.05) is 27.6 Å². The van der Waals surface area contributed by atoms with Crippen LogP contribution in [0.3, 0.4) is 0 Å². The van der Waals surface area contributed by atoms with Crippen molar-refractivity contribution < 1.29 is 4.79 Å². The van der Waals surface area contributed by atoms with Gasteiger partial charge in [-0.3, -0.25) is 14.7 Å². The molecule has 3 aliphatic heterocycles. The fraction of sp³-hybridized carbons (Fsp3) is 0.257. The van der Waals surface area contributed by atoms with Gasteiger partial charge in [0.15, 0.2) is 5.78 Å². The maximum Gasteiger partial charge on any atom is 0.169 e. The average molecular weight is 589 g/mol. The number of fused-ring (bicyclic) bond motifs is 7. The van der Waals surface area contributed by atoms with Crippen LogP contribution in [0, 0.1) is 5.92 Å². The predicted molar refractivity (Wildman–Crippen MR) is 163 cm³/mol. The number of nitrogens with zero attached hydrogens (tertiary/aromatic N) is 2. The smallest absolute Gasteiger partial charge is 0.169 e. The van der Waals surface area contributed by atoms with Crippen molar-refractivity contribution in [2.45, 2.75) is 42.8 Å². The zero-order valence-electron chi connectivity index (χ0n) is 22.1. The minimum absolute atomic E-state index is 0.0380. The highest BCUT2D eigenvalue weighted by molar-refractivity contribution is 9.10. The highest BCUT2D eigenvalue weighted by atomic mass is 79.9. The van der Waals surface area contributed by atoms with Crippen LogP contribution in [-0.4, -0.2) is 35.0 Å². The van der Waals surface area contributed by atoms with Crippen molar-refractivity contribution in [2.24, 2.45) is 10.9 Å². The number of hydrogen-bond acceptors (Lipinski definition) is 4. The predicted octanol–water partition coefficient (Wildman–Crippen LogP) is 7.02. The first kappa shape index (κ1) is 24.3. The summed E-state index contributed by atoms with van der Waals surface area (Å²) in [4.78, 5) is 23.2. The van der Waals surface area contributed by atoms with Crippen LogP contribution in [0.15, 0.2) is 118 Å². The summed E-state index contributed by atoms with van der Waals surface area (Å²) < 4.78 is 1.05. The van der Waals surface area contributed by atoms with E-state index in [1.165, 1.54) is 23.1 Å². The largest absolute Gasteiger partial charge is 0.371 e. The van der Waals surface area contributed by atoms with Gasteiger partial charge in [-0.1, -0.05) is 107 Å². The van der Waals surface area contributed by atoms with Crippen LogP contribution in [0.1, 0.15) is 52.2 Å². The van der Waals surface area contributed by atoms with E-state index >= 15 is 4.79 Å². The monoisotopic (exact) mass is 587 g/mol. The van der Waals surface area contributed by atoms with E-state index in [1.54, 1.807) is 0 Å². The van der Waals surface area contributed by atoms with E-state index < -0.39 is 5.54 Å². The topological polar surface area (TPSA) is 44.7 Å². The molecule has 2 aliphatic carbocycles. The highest BCUT2D eigenvalue weighted by Crippen LogP contribution is 2.64. The molecule has 3 heterocycles. The van der Waals surface area contributed by atoms with E-state index in [4.69, 9.17) is 4.99 Å². The maximum atomic E-state index is 15.0. The summed E-state index contributed by atoms with van der Waals surface area (Å²) in [6.07, 6.45) is 11.8. The van der Waals surface area contributed by atoms with Crippen LogP contribution in [-0.2, 0) is 5.54 Å². The van der Waals surface area contributed by atoms with Crippen LogP contribution in [0.5, 0.6) is 0 Å². The first-order valence-corrected chi connectivity index (χ1v) is 15.1. The number of piperidine rings is 1. The number of rotatable bonds is 3. The Hall–Kier alpha value is -3.54. The summed E-state index contributed by atoms with van der Waals surface area (Å²) in [6.45, 7) is 0.950. The molecule has 0 aromatic heterocycles. The number of ketones is 1. The van der Waals surface area contributed by atoms with Gasteiger partial charge in [-0.05, 0) is 48.7 Å². The third-order valence-electron chi connectivity index (χ3n) is 9.57. The second-order valence-corrected chi connectivity index (χ2v) is 12.4. The second-order valence-electron chi connectivity index (χ2n) is 11.5. The second kappa shape index (κ2) is 9.25. The Morgan fingerprint density at radius 3 is 2.60 bits per heavy atom. The van der Waals surface area contributed by atoms with Crippen LogP contribution >= 0.6 is 15.9 Å². The molecule has 3 aromatic rings. The quantitative estimate of drug-likeness (QED) is 0.335. The van der Waals surface area contributed by atoms with E-state index in [1.807, 2.05) is 30.3 Å². The number of allylic oxidation sites excluding steroid dienone is 2. The van der Waals surface area contributed by atoms with Crippen LogP contribution in [0.25, 0.3) is 5.70 Å². The lowest BCUT2D eigenvalue weighted by Crippen LogP contribution is -2.52. The van der Waals surface area contributed by atoms with E-state index in [0.717, 1.165) is 46.5 Å². The molecule has 40 heavy (non-hydrogen) atoms. The number of aliphatic imine (C=N–C) groups is 1. The summed E-state index contributed by atoms with van der Waals surface area (Å²) >= 11 is 3.64. The summed E-state index contributed by atoms with van der Waals surface area (Å²) in [7, 11) is 0. The van der Waals surface area contributed by atoms with Gasteiger partial charge in [0.25, 0.3) is 0 Å². The lowest BCUT2D eigenvalue weighted by molar-refractivity contribution is 0.0648. The number of halogens is 1. The molecule has 1 unspecified atom stereocenters. The van der Waals surface area contributed by atoms with Crippen molar-refractivity contribution >= 4 is 33.1 Å². The van der Waals surface area contributed by atoms with Crippen molar-refractivity contribution in [1.82, 2.24) is 10.2 Å². The van der Waals surface area contributed by atoms with Gasteiger partial charge in [-0.15, -0.1) is 0 Å². The van der Waals surface area contributed by atoms with Gasteiger partial charge in [-0.2, -0.15) is 0 Å². The minimum atomic E-state index is -0.651. The lowest BCUT2D eigenvalue weighted by atomic mass is 9.68. The number of benzene rings is 3. The molecular formula is C35H30BrN3O. The van der Waals surface area contributed by atoms with Crippen LogP contribution in [0.4, 0.5) is 0 Å². The van der Waals surface area contributed by atoms with Gasteiger partial charge in [-0.25, -0.2) is 0 Å². The zero-order chi connectivity index (χ0) is 26.8. The zero-order valence-corrected chi connectivity index (χ0v) is 23.7. The molecule has 0 bridgehead atoms. The van der Waals surface area contributed by atoms with Crippen molar-refractivity contribution in [3.63, 3.8) is 0 Å². The molecule has 0 radical (unpaired) electrons. The van der Waals surface area contributed by atoms with Gasteiger partial charge in [0.05, 0.1) is 29.1 Å². The molecule has 2 fully saturated rings. The van der Waals surface area contributed by atoms with Gasteiger partial charge >= 0.3 is 0 Å². The average Bonchev–Trinajstić information content (AvgIpc) is 3.47. The van der Waals surface area contributed by atoms with Crippen LogP contribution < -0.4 is 5.32 Å².